The molecular formula is C22H21F3N4O2. The SMILES string of the molecule is Oc1ccccc1CN(C[C@H]1CCCO1)c1cc(C(F)(F)F)nc(-c2cccnc2)n1. The maximum atomic E-state index is 13.6. The van der Waals surface area contributed by atoms with Crippen molar-refractivity contribution in [1.82, 2.24) is 15.0 Å². The maximum absolute atomic E-state index is 13.6. The molecule has 6 nitrogen and oxygen atoms in total. The fraction of sp³-hybridized carbons (Fsp3) is 0.318. The third kappa shape index (κ3) is 5.11. The molecule has 3 heterocycles. The molecule has 1 fully saturated rings. The molecule has 1 atom stereocenters. The summed E-state index contributed by atoms with van der Waals surface area (Å²) in [6.07, 6.45) is -0.111. The van der Waals surface area contributed by atoms with Crippen LogP contribution in [0.4, 0.5) is 19.0 Å². The number of para-hydroxylation sites is 1. The number of ether oxygens (including phenoxy) is 1. The molecule has 0 aliphatic carbocycles. The van der Waals surface area contributed by atoms with Crippen LogP contribution in [-0.2, 0) is 17.5 Å². The molecule has 0 saturated carbocycles. The highest BCUT2D eigenvalue weighted by atomic mass is 19.4. The number of anilines is 1. The van der Waals surface area contributed by atoms with Crippen molar-refractivity contribution in [1.29, 1.82) is 0 Å². The van der Waals surface area contributed by atoms with Gasteiger partial charge in [0.1, 0.15) is 11.6 Å². The van der Waals surface area contributed by atoms with Gasteiger partial charge in [0, 0.05) is 49.3 Å². The van der Waals surface area contributed by atoms with Crippen LogP contribution in [0.3, 0.4) is 0 Å². The highest BCUT2D eigenvalue weighted by Crippen LogP contribution is 2.33. The number of nitrogens with zero attached hydrogens (tertiary/aromatic N) is 4. The number of hydrogen-bond acceptors (Lipinski definition) is 6. The van der Waals surface area contributed by atoms with E-state index in [2.05, 4.69) is 15.0 Å². The van der Waals surface area contributed by atoms with E-state index in [1.54, 1.807) is 41.3 Å². The lowest BCUT2D eigenvalue weighted by molar-refractivity contribution is -0.141. The van der Waals surface area contributed by atoms with Crippen molar-refractivity contribution in [3.8, 4) is 17.1 Å². The van der Waals surface area contributed by atoms with Gasteiger partial charge in [0.15, 0.2) is 11.5 Å². The second-order valence-corrected chi connectivity index (χ2v) is 7.32. The van der Waals surface area contributed by atoms with Crippen molar-refractivity contribution in [2.75, 3.05) is 18.1 Å². The van der Waals surface area contributed by atoms with Crippen molar-refractivity contribution >= 4 is 5.82 Å². The van der Waals surface area contributed by atoms with Crippen molar-refractivity contribution in [2.45, 2.75) is 31.7 Å². The molecular weight excluding hydrogens is 409 g/mol. The molecule has 0 amide bonds. The van der Waals surface area contributed by atoms with E-state index < -0.39 is 11.9 Å². The number of aromatic nitrogens is 3. The number of benzene rings is 1. The highest BCUT2D eigenvalue weighted by molar-refractivity contribution is 5.57. The van der Waals surface area contributed by atoms with Crippen molar-refractivity contribution in [2.24, 2.45) is 0 Å². The number of phenols is 1. The fourth-order valence-electron chi connectivity index (χ4n) is 3.49. The van der Waals surface area contributed by atoms with E-state index in [1.807, 2.05) is 0 Å². The van der Waals surface area contributed by atoms with E-state index >= 15 is 0 Å². The number of aromatic hydroxyl groups is 1. The molecule has 3 aromatic rings. The average Bonchev–Trinajstić information content (AvgIpc) is 3.28. The van der Waals surface area contributed by atoms with Gasteiger partial charge in [0.05, 0.1) is 6.10 Å². The van der Waals surface area contributed by atoms with Crippen LogP contribution < -0.4 is 4.90 Å². The van der Waals surface area contributed by atoms with Gasteiger partial charge in [-0.3, -0.25) is 4.98 Å². The zero-order valence-corrected chi connectivity index (χ0v) is 16.6. The number of alkyl halides is 3. The van der Waals surface area contributed by atoms with Gasteiger partial charge in [-0.2, -0.15) is 13.2 Å². The minimum Gasteiger partial charge on any atom is -0.508 e. The normalized spacial score (nSPS) is 16.4. The smallest absolute Gasteiger partial charge is 0.433 e. The van der Waals surface area contributed by atoms with Crippen molar-refractivity contribution in [3.63, 3.8) is 0 Å². The van der Waals surface area contributed by atoms with Gasteiger partial charge >= 0.3 is 6.18 Å². The van der Waals surface area contributed by atoms with Gasteiger partial charge in [0.25, 0.3) is 0 Å². The van der Waals surface area contributed by atoms with E-state index in [0.29, 0.717) is 24.3 Å². The molecule has 1 saturated heterocycles. The van der Waals surface area contributed by atoms with Crippen LogP contribution in [0.1, 0.15) is 24.1 Å². The molecule has 1 N–H and O–H groups in total. The summed E-state index contributed by atoms with van der Waals surface area (Å²) in [4.78, 5) is 13.8. The number of pyridine rings is 1. The molecule has 162 valence electrons. The first-order valence-corrected chi connectivity index (χ1v) is 9.90. The largest absolute Gasteiger partial charge is 0.508 e. The predicted molar refractivity (Wildman–Crippen MR) is 108 cm³/mol. The fourth-order valence-corrected chi connectivity index (χ4v) is 3.49. The van der Waals surface area contributed by atoms with Crippen LogP contribution in [0.2, 0.25) is 0 Å². The molecule has 4 rings (SSSR count). The Kier molecular flexibility index (Phi) is 6.03. The van der Waals surface area contributed by atoms with Crippen LogP contribution in [0, 0.1) is 0 Å². The van der Waals surface area contributed by atoms with Crippen molar-refractivity contribution < 1.29 is 23.0 Å². The average molecular weight is 430 g/mol. The zero-order chi connectivity index (χ0) is 21.8. The minimum absolute atomic E-state index is 0.0625. The molecule has 0 spiro atoms. The Bertz CT molecular complexity index is 1020. The van der Waals surface area contributed by atoms with Crippen LogP contribution in [-0.4, -0.2) is 39.3 Å². The van der Waals surface area contributed by atoms with Gasteiger partial charge in [-0.25, -0.2) is 9.97 Å². The summed E-state index contributed by atoms with van der Waals surface area (Å²) in [7, 11) is 0. The number of halogens is 3. The summed E-state index contributed by atoms with van der Waals surface area (Å²) in [6, 6.07) is 10.9. The Labute approximate surface area is 177 Å². The maximum Gasteiger partial charge on any atom is 0.433 e. The van der Waals surface area contributed by atoms with Gasteiger partial charge in [-0.05, 0) is 31.0 Å². The van der Waals surface area contributed by atoms with Gasteiger partial charge in [-0.15, -0.1) is 0 Å². The summed E-state index contributed by atoms with van der Waals surface area (Å²) in [5, 5.41) is 10.2. The Morgan fingerprint density at radius 2 is 1.97 bits per heavy atom. The Morgan fingerprint density at radius 3 is 2.65 bits per heavy atom. The molecule has 2 aromatic heterocycles. The lowest BCUT2D eigenvalue weighted by Gasteiger charge is -2.27. The van der Waals surface area contributed by atoms with E-state index in [4.69, 9.17) is 4.74 Å². The van der Waals surface area contributed by atoms with Gasteiger partial charge in [0.2, 0.25) is 0 Å². The highest BCUT2D eigenvalue weighted by Gasteiger charge is 2.35. The Hall–Kier alpha value is -3.20. The van der Waals surface area contributed by atoms with Crippen molar-refractivity contribution in [3.05, 3.63) is 66.1 Å². The third-order valence-corrected chi connectivity index (χ3v) is 5.05. The third-order valence-electron chi connectivity index (χ3n) is 5.05. The summed E-state index contributed by atoms with van der Waals surface area (Å²) < 4.78 is 46.6. The molecule has 1 aliphatic rings. The van der Waals surface area contributed by atoms with E-state index in [9.17, 15) is 18.3 Å². The van der Waals surface area contributed by atoms with Gasteiger partial charge in [-0.1, -0.05) is 18.2 Å². The predicted octanol–water partition coefficient (Wildman–Crippen LogP) is 4.45. The molecule has 0 bridgehead atoms. The molecule has 0 unspecified atom stereocenters. The lowest BCUT2D eigenvalue weighted by Crippen LogP contribution is -2.33. The van der Waals surface area contributed by atoms with Crippen LogP contribution in [0.25, 0.3) is 11.4 Å². The standard InChI is InChI=1S/C22H21F3N4O2/c23-22(24,25)19-11-20(28-21(27-19)15-6-3-9-26-12-15)29(14-17-7-4-10-31-17)13-16-5-1-2-8-18(16)30/h1-3,5-6,8-9,11-12,17,30H,4,7,10,13-14H2/t17-/m1/s1. The Morgan fingerprint density at radius 1 is 1.13 bits per heavy atom. The van der Waals surface area contributed by atoms with Gasteiger partial charge < -0.3 is 14.7 Å². The lowest BCUT2D eigenvalue weighted by atomic mass is 10.1. The Balaban J connectivity index is 1.77. The summed E-state index contributed by atoms with van der Waals surface area (Å²) in [5.74, 6) is 0.116. The number of phenolic OH excluding ortho intramolecular Hbond substituents is 1. The van der Waals surface area contributed by atoms with E-state index in [1.165, 1.54) is 12.4 Å². The first-order valence-electron chi connectivity index (χ1n) is 9.90. The summed E-state index contributed by atoms with van der Waals surface area (Å²) in [5.41, 5.74) is -0.0731. The van der Waals surface area contributed by atoms with Crippen LogP contribution >= 0.6 is 0 Å². The summed E-state index contributed by atoms with van der Waals surface area (Å²) in [6.45, 7) is 1.13. The quantitative estimate of drug-likeness (QED) is 0.623. The summed E-state index contributed by atoms with van der Waals surface area (Å²) >= 11 is 0. The molecule has 1 aliphatic heterocycles. The second-order valence-electron chi connectivity index (χ2n) is 7.32. The minimum atomic E-state index is -4.64. The molecule has 9 heteroatoms. The number of rotatable bonds is 6. The number of hydrogen-bond donors (Lipinski definition) is 1. The zero-order valence-electron chi connectivity index (χ0n) is 16.6. The topological polar surface area (TPSA) is 71.4 Å². The van der Waals surface area contributed by atoms with Crippen LogP contribution in [0.5, 0.6) is 5.75 Å². The van der Waals surface area contributed by atoms with E-state index in [-0.39, 0.29) is 30.0 Å². The molecule has 1 aromatic carbocycles. The van der Waals surface area contributed by atoms with Crippen LogP contribution in [0.15, 0.2) is 54.9 Å². The molecule has 31 heavy (non-hydrogen) atoms. The second kappa shape index (κ2) is 8.89. The monoisotopic (exact) mass is 430 g/mol. The molecule has 0 radical (unpaired) electrons. The first kappa shape index (κ1) is 21.0. The first-order chi connectivity index (χ1) is 14.9. The van der Waals surface area contributed by atoms with E-state index in [0.717, 1.165) is 18.9 Å².